The molecular weight excluding hydrogens is 334 g/mol. The zero-order valence-corrected chi connectivity index (χ0v) is 15.3. The predicted octanol–water partition coefficient (Wildman–Crippen LogP) is 5.04. The molecular formula is C21H24ClNO2. The van der Waals surface area contributed by atoms with Crippen LogP contribution < -0.4 is 4.90 Å². The second-order valence-electron chi connectivity index (χ2n) is 7.46. The smallest absolute Gasteiger partial charge is 0.230 e. The number of hydrogen-bond donors (Lipinski definition) is 1. The van der Waals surface area contributed by atoms with Gasteiger partial charge in [0.25, 0.3) is 0 Å². The Labute approximate surface area is 153 Å². The van der Waals surface area contributed by atoms with E-state index in [0.717, 1.165) is 47.7 Å². The highest BCUT2D eigenvalue weighted by atomic mass is 35.5. The predicted molar refractivity (Wildman–Crippen MR) is 103 cm³/mol. The number of amides is 1. The first kappa shape index (κ1) is 16.7. The molecule has 0 radical (unpaired) electrons. The Morgan fingerprint density at radius 3 is 2.72 bits per heavy atom. The number of hydrogen-bond acceptors (Lipinski definition) is 2. The first-order valence-electron chi connectivity index (χ1n) is 9.26. The minimum atomic E-state index is 0.112. The van der Waals surface area contributed by atoms with Gasteiger partial charge in [-0.25, -0.2) is 0 Å². The van der Waals surface area contributed by atoms with Crippen molar-refractivity contribution >= 4 is 34.0 Å². The summed E-state index contributed by atoms with van der Waals surface area (Å²) >= 11 is 6.25. The van der Waals surface area contributed by atoms with Gasteiger partial charge in [0.1, 0.15) is 5.75 Å². The lowest BCUT2D eigenvalue weighted by molar-refractivity contribution is -0.122. The van der Waals surface area contributed by atoms with E-state index in [9.17, 15) is 9.90 Å². The molecule has 1 saturated carbocycles. The highest BCUT2D eigenvalue weighted by Crippen LogP contribution is 2.46. The quantitative estimate of drug-likeness (QED) is 0.781. The molecule has 132 valence electrons. The van der Waals surface area contributed by atoms with Crippen molar-refractivity contribution in [1.82, 2.24) is 0 Å². The van der Waals surface area contributed by atoms with Gasteiger partial charge in [0, 0.05) is 35.7 Å². The molecule has 1 aliphatic heterocycles. The van der Waals surface area contributed by atoms with Crippen LogP contribution >= 0.6 is 11.6 Å². The van der Waals surface area contributed by atoms with Gasteiger partial charge in [-0.3, -0.25) is 4.79 Å². The highest BCUT2D eigenvalue weighted by molar-refractivity contribution is 6.19. The summed E-state index contributed by atoms with van der Waals surface area (Å²) in [6.07, 6.45) is 4.27. The maximum Gasteiger partial charge on any atom is 0.230 e. The van der Waals surface area contributed by atoms with E-state index < -0.39 is 0 Å². The fourth-order valence-corrected chi connectivity index (χ4v) is 4.90. The molecule has 2 aromatic rings. The van der Waals surface area contributed by atoms with Gasteiger partial charge in [-0.1, -0.05) is 37.6 Å². The van der Waals surface area contributed by atoms with E-state index in [4.69, 9.17) is 11.6 Å². The molecule has 0 bridgehead atoms. The van der Waals surface area contributed by atoms with E-state index in [2.05, 4.69) is 6.92 Å². The third kappa shape index (κ3) is 2.69. The average Bonchev–Trinajstić information content (AvgIpc) is 3.26. The number of phenolic OH excluding ortho intramolecular Hbond substituents is 1. The second-order valence-corrected chi connectivity index (χ2v) is 7.77. The monoisotopic (exact) mass is 357 g/mol. The Morgan fingerprint density at radius 1 is 1.28 bits per heavy atom. The molecule has 1 heterocycles. The normalized spacial score (nSPS) is 25.5. The topological polar surface area (TPSA) is 40.5 Å². The lowest BCUT2D eigenvalue weighted by atomic mass is 9.95. The van der Waals surface area contributed by atoms with Crippen molar-refractivity contribution in [3.05, 3.63) is 35.9 Å². The summed E-state index contributed by atoms with van der Waals surface area (Å²) in [6, 6.07) is 9.59. The van der Waals surface area contributed by atoms with Crippen LogP contribution in [0, 0.1) is 11.8 Å². The van der Waals surface area contributed by atoms with Gasteiger partial charge >= 0.3 is 0 Å². The summed E-state index contributed by atoms with van der Waals surface area (Å²) in [7, 11) is 0. The second kappa shape index (κ2) is 6.53. The number of nitrogens with zero attached hydrogens (tertiary/aromatic N) is 1. The Balaban J connectivity index is 1.76. The van der Waals surface area contributed by atoms with Gasteiger partial charge in [0.2, 0.25) is 5.91 Å². The third-order valence-electron chi connectivity index (χ3n) is 6.06. The fourth-order valence-electron chi connectivity index (χ4n) is 4.65. The van der Waals surface area contributed by atoms with E-state index in [1.165, 1.54) is 0 Å². The molecule has 0 spiro atoms. The van der Waals surface area contributed by atoms with Gasteiger partial charge in [0.15, 0.2) is 0 Å². The summed E-state index contributed by atoms with van der Waals surface area (Å²) in [5, 5.41) is 12.3. The first-order chi connectivity index (χ1) is 12.1. The molecule has 3 atom stereocenters. The number of halogens is 1. The van der Waals surface area contributed by atoms with E-state index in [1.807, 2.05) is 29.2 Å². The van der Waals surface area contributed by atoms with Crippen molar-refractivity contribution in [3.8, 4) is 5.75 Å². The molecule has 1 fully saturated rings. The number of carbonyl (C=O) groups is 1. The van der Waals surface area contributed by atoms with Gasteiger partial charge in [-0.2, -0.15) is 0 Å². The molecule has 4 heteroatoms. The molecule has 3 nitrogen and oxygen atoms in total. The van der Waals surface area contributed by atoms with Crippen molar-refractivity contribution in [2.24, 2.45) is 11.8 Å². The van der Waals surface area contributed by atoms with E-state index >= 15 is 0 Å². The van der Waals surface area contributed by atoms with Crippen LogP contribution in [0.3, 0.4) is 0 Å². The number of benzene rings is 2. The molecule has 2 aromatic carbocycles. The largest absolute Gasteiger partial charge is 0.507 e. The fraction of sp³-hybridized carbons (Fsp3) is 0.476. The van der Waals surface area contributed by atoms with Crippen molar-refractivity contribution in [1.29, 1.82) is 0 Å². The van der Waals surface area contributed by atoms with Crippen molar-refractivity contribution in [3.63, 3.8) is 0 Å². The number of aromatic hydroxyl groups is 1. The van der Waals surface area contributed by atoms with E-state index in [0.29, 0.717) is 18.3 Å². The Kier molecular flexibility index (Phi) is 4.36. The maximum atomic E-state index is 13.2. The number of alkyl halides is 1. The number of rotatable bonds is 3. The number of carbonyl (C=O) groups excluding carboxylic acids is 1. The van der Waals surface area contributed by atoms with E-state index in [1.54, 1.807) is 6.07 Å². The van der Waals surface area contributed by atoms with Crippen LogP contribution in [0.4, 0.5) is 5.69 Å². The molecule has 25 heavy (non-hydrogen) atoms. The van der Waals surface area contributed by atoms with Crippen LogP contribution in [-0.4, -0.2) is 23.4 Å². The van der Waals surface area contributed by atoms with Crippen LogP contribution in [0.1, 0.15) is 44.1 Å². The summed E-state index contributed by atoms with van der Waals surface area (Å²) in [6.45, 7) is 2.83. The highest BCUT2D eigenvalue weighted by Gasteiger charge is 2.39. The molecule has 2 aliphatic rings. The summed E-state index contributed by atoms with van der Waals surface area (Å²) in [5.41, 5.74) is 1.97. The SMILES string of the molecule is CCC1CCC(C(=O)N2CC(CCl)c3c2cc(O)c2ccccc32)C1. The molecule has 0 aromatic heterocycles. The van der Waals surface area contributed by atoms with Crippen LogP contribution in [-0.2, 0) is 4.79 Å². The summed E-state index contributed by atoms with van der Waals surface area (Å²) < 4.78 is 0. The molecule has 0 saturated heterocycles. The number of phenols is 1. The summed E-state index contributed by atoms with van der Waals surface area (Å²) in [5.74, 6) is 1.83. The minimum absolute atomic E-state index is 0.112. The molecule has 1 amide bonds. The third-order valence-corrected chi connectivity index (χ3v) is 6.44. The lowest BCUT2D eigenvalue weighted by Gasteiger charge is -2.22. The van der Waals surface area contributed by atoms with Gasteiger partial charge in [-0.05, 0) is 36.1 Å². The van der Waals surface area contributed by atoms with Crippen LogP contribution in [0.25, 0.3) is 10.8 Å². The standard InChI is InChI=1S/C21H24ClNO2/c1-2-13-7-8-14(9-13)21(25)23-12-15(11-22)20-17-6-4-3-5-16(17)19(24)10-18(20)23/h3-6,10,13-15,24H,2,7-9,11-12H2,1H3. The van der Waals surface area contributed by atoms with Crippen LogP contribution in [0.5, 0.6) is 5.75 Å². The van der Waals surface area contributed by atoms with Crippen molar-refractivity contribution < 1.29 is 9.90 Å². The number of anilines is 1. The average molecular weight is 358 g/mol. The first-order valence-corrected chi connectivity index (χ1v) is 9.79. The lowest BCUT2D eigenvalue weighted by Crippen LogP contribution is -2.34. The minimum Gasteiger partial charge on any atom is -0.507 e. The number of fused-ring (bicyclic) bond motifs is 3. The molecule has 1 N–H and O–H groups in total. The Hall–Kier alpha value is -1.74. The van der Waals surface area contributed by atoms with Crippen LogP contribution in [0.15, 0.2) is 30.3 Å². The Morgan fingerprint density at radius 2 is 2.04 bits per heavy atom. The van der Waals surface area contributed by atoms with Crippen molar-refractivity contribution in [2.75, 3.05) is 17.3 Å². The zero-order chi connectivity index (χ0) is 17.6. The summed E-state index contributed by atoms with van der Waals surface area (Å²) in [4.78, 5) is 15.1. The van der Waals surface area contributed by atoms with Gasteiger partial charge < -0.3 is 10.0 Å². The van der Waals surface area contributed by atoms with Crippen LogP contribution in [0.2, 0.25) is 0 Å². The van der Waals surface area contributed by atoms with Crippen molar-refractivity contribution in [2.45, 2.75) is 38.5 Å². The molecule has 1 aliphatic carbocycles. The molecule has 4 rings (SSSR count). The maximum absolute atomic E-state index is 13.2. The Bertz CT molecular complexity index is 819. The van der Waals surface area contributed by atoms with E-state index in [-0.39, 0.29) is 23.5 Å². The van der Waals surface area contributed by atoms with Gasteiger partial charge in [0.05, 0.1) is 5.69 Å². The zero-order valence-electron chi connectivity index (χ0n) is 14.5. The molecule has 3 unspecified atom stereocenters. The van der Waals surface area contributed by atoms with Gasteiger partial charge in [-0.15, -0.1) is 11.6 Å².